The van der Waals surface area contributed by atoms with Crippen LogP contribution >= 0.6 is 0 Å². The minimum absolute atomic E-state index is 0.00585. The molecule has 0 atom stereocenters. The Balaban J connectivity index is 1.37. The van der Waals surface area contributed by atoms with Crippen molar-refractivity contribution in [3.8, 4) is 5.88 Å². The van der Waals surface area contributed by atoms with Crippen molar-refractivity contribution in [3.63, 3.8) is 0 Å². The van der Waals surface area contributed by atoms with Gasteiger partial charge in [0.05, 0.1) is 17.2 Å². The number of nitrogens with zero attached hydrogens (tertiary/aromatic N) is 5. The molecule has 1 amide bonds. The molecule has 8 heteroatoms. The number of likely N-dealkylation sites (tertiary alicyclic amines) is 1. The van der Waals surface area contributed by atoms with Crippen molar-refractivity contribution < 1.29 is 9.53 Å². The molecule has 3 heterocycles. The fourth-order valence-corrected chi connectivity index (χ4v) is 3.21. The molecular formula is C19H19N5O3. The fourth-order valence-electron chi connectivity index (χ4n) is 3.21. The first-order valence-corrected chi connectivity index (χ1v) is 8.85. The number of fused-ring (bicyclic) bond motifs is 1. The first-order valence-electron chi connectivity index (χ1n) is 8.85. The number of hydrogen-bond donors (Lipinski definition) is 0. The monoisotopic (exact) mass is 365 g/mol. The summed E-state index contributed by atoms with van der Waals surface area (Å²) in [6.07, 6.45) is 5.99. The molecule has 1 fully saturated rings. The van der Waals surface area contributed by atoms with E-state index in [1.807, 2.05) is 6.07 Å². The van der Waals surface area contributed by atoms with Crippen LogP contribution in [0.25, 0.3) is 10.9 Å². The van der Waals surface area contributed by atoms with E-state index in [0.717, 1.165) is 12.8 Å². The van der Waals surface area contributed by atoms with Gasteiger partial charge in [0.25, 0.3) is 5.56 Å². The van der Waals surface area contributed by atoms with E-state index in [0.29, 0.717) is 29.9 Å². The highest BCUT2D eigenvalue weighted by Crippen LogP contribution is 2.17. The van der Waals surface area contributed by atoms with Crippen LogP contribution in [0.3, 0.4) is 0 Å². The molecule has 0 unspecified atom stereocenters. The van der Waals surface area contributed by atoms with Crippen molar-refractivity contribution in [2.75, 3.05) is 13.1 Å². The van der Waals surface area contributed by atoms with Gasteiger partial charge in [-0.05, 0) is 12.1 Å². The van der Waals surface area contributed by atoms with Gasteiger partial charge in [-0.15, -0.1) is 0 Å². The fraction of sp³-hybridized carbons (Fsp3) is 0.316. The van der Waals surface area contributed by atoms with Crippen LogP contribution in [-0.4, -0.2) is 49.5 Å². The summed E-state index contributed by atoms with van der Waals surface area (Å²) >= 11 is 0. The first kappa shape index (κ1) is 17.1. The Kier molecular flexibility index (Phi) is 4.78. The lowest BCUT2D eigenvalue weighted by molar-refractivity contribution is -0.133. The maximum absolute atomic E-state index is 12.6. The van der Waals surface area contributed by atoms with Gasteiger partial charge in [0.15, 0.2) is 0 Å². The van der Waals surface area contributed by atoms with E-state index in [1.54, 1.807) is 35.4 Å². The third kappa shape index (κ3) is 3.79. The number of amides is 1. The van der Waals surface area contributed by atoms with Crippen LogP contribution in [0.2, 0.25) is 0 Å². The topological polar surface area (TPSA) is 90.2 Å². The number of aromatic nitrogens is 4. The molecule has 0 aliphatic carbocycles. The molecule has 4 rings (SSSR count). The van der Waals surface area contributed by atoms with E-state index >= 15 is 0 Å². The summed E-state index contributed by atoms with van der Waals surface area (Å²) in [7, 11) is 0. The Bertz CT molecular complexity index is 997. The summed E-state index contributed by atoms with van der Waals surface area (Å²) in [5.74, 6) is 0.457. The highest BCUT2D eigenvalue weighted by molar-refractivity contribution is 5.79. The van der Waals surface area contributed by atoms with Crippen LogP contribution in [0.15, 0.2) is 54.0 Å². The second-order valence-electron chi connectivity index (χ2n) is 6.44. The Morgan fingerprint density at radius 3 is 2.74 bits per heavy atom. The Hall–Kier alpha value is -3.29. The van der Waals surface area contributed by atoms with E-state index in [9.17, 15) is 9.59 Å². The molecule has 1 aromatic carbocycles. The zero-order valence-electron chi connectivity index (χ0n) is 14.7. The van der Waals surface area contributed by atoms with Crippen molar-refractivity contribution >= 4 is 16.8 Å². The highest BCUT2D eigenvalue weighted by Gasteiger charge is 2.24. The number of rotatable bonds is 4. The molecule has 0 radical (unpaired) electrons. The van der Waals surface area contributed by atoms with E-state index in [-0.39, 0.29) is 24.1 Å². The Labute approximate surface area is 155 Å². The molecule has 0 N–H and O–H groups in total. The predicted octanol–water partition coefficient (Wildman–Crippen LogP) is 1.26. The van der Waals surface area contributed by atoms with Gasteiger partial charge in [0, 0.05) is 38.2 Å². The number of carbonyl (C=O) groups excluding carboxylic acids is 1. The molecule has 27 heavy (non-hydrogen) atoms. The summed E-state index contributed by atoms with van der Waals surface area (Å²) < 4.78 is 7.18. The van der Waals surface area contributed by atoms with Gasteiger partial charge in [-0.2, -0.15) is 0 Å². The van der Waals surface area contributed by atoms with Gasteiger partial charge in [-0.1, -0.05) is 12.1 Å². The zero-order chi connectivity index (χ0) is 18.6. The molecule has 0 saturated carbocycles. The van der Waals surface area contributed by atoms with Crippen LogP contribution in [0.5, 0.6) is 5.88 Å². The molecule has 1 saturated heterocycles. The van der Waals surface area contributed by atoms with Gasteiger partial charge in [0.1, 0.15) is 19.0 Å². The molecule has 1 aliphatic rings. The van der Waals surface area contributed by atoms with Gasteiger partial charge >= 0.3 is 0 Å². The van der Waals surface area contributed by atoms with Crippen LogP contribution in [-0.2, 0) is 11.3 Å². The molecule has 1 aliphatic heterocycles. The lowest BCUT2D eigenvalue weighted by Gasteiger charge is -2.32. The third-order valence-corrected chi connectivity index (χ3v) is 4.67. The molecule has 0 bridgehead atoms. The lowest BCUT2D eigenvalue weighted by Crippen LogP contribution is -2.44. The molecular weight excluding hydrogens is 346 g/mol. The summed E-state index contributed by atoms with van der Waals surface area (Å²) in [6, 6.07) is 8.85. The first-order chi connectivity index (χ1) is 13.2. The number of ether oxygens (including phenoxy) is 1. The third-order valence-electron chi connectivity index (χ3n) is 4.67. The number of hydrogen-bond acceptors (Lipinski definition) is 6. The summed E-state index contributed by atoms with van der Waals surface area (Å²) in [4.78, 5) is 39.1. The average Bonchev–Trinajstić information content (AvgIpc) is 2.71. The van der Waals surface area contributed by atoms with Gasteiger partial charge in [-0.25, -0.2) is 15.0 Å². The molecule has 0 spiro atoms. The Morgan fingerprint density at radius 2 is 1.96 bits per heavy atom. The number of carbonyl (C=O) groups is 1. The second-order valence-corrected chi connectivity index (χ2v) is 6.44. The van der Waals surface area contributed by atoms with Crippen LogP contribution in [0.1, 0.15) is 12.8 Å². The SMILES string of the molecule is O=C(Cn1cnc2ccccc2c1=O)N1CCC(Oc2ccncn2)CC1. The van der Waals surface area contributed by atoms with Crippen molar-refractivity contribution in [1.82, 2.24) is 24.4 Å². The van der Waals surface area contributed by atoms with Crippen molar-refractivity contribution in [3.05, 3.63) is 59.5 Å². The molecule has 2 aromatic heterocycles. The summed E-state index contributed by atoms with van der Waals surface area (Å²) in [5.41, 5.74) is 0.435. The molecule has 3 aromatic rings. The lowest BCUT2D eigenvalue weighted by atomic mass is 10.1. The normalized spacial score (nSPS) is 15.0. The average molecular weight is 365 g/mol. The Morgan fingerprint density at radius 1 is 1.15 bits per heavy atom. The minimum Gasteiger partial charge on any atom is -0.474 e. The number of benzene rings is 1. The van der Waals surface area contributed by atoms with Gasteiger partial charge < -0.3 is 9.64 Å². The highest BCUT2D eigenvalue weighted by atomic mass is 16.5. The molecule has 138 valence electrons. The summed E-state index contributed by atoms with van der Waals surface area (Å²) in [5, 5.41) is 0.518. The van der Waals surface area contributed by atoms with Crippen LogP contribution in [0, 0.1) is 0 Å². The standard InChI is InChI=1S/C19H19N5O3/c25-18(11-24-13-22-16-4-2-1-3-15(16)19(24)26)23-9-6-14(7-10-23)27-17-5-8-20-12-21-17/h1-5,8,12-14H,6-7,9-11H2. The molecule has 8 nitrogen and oxygen atoms in total. The summed E-state index contributed by atoms with van der Waals surface area (Å²) in [6.45, 7) is 1.17. The van der Waals surface area contributed by atoms with E-state index in [4.69, 9.17) is 4.74 Å². The van der Waals surface area contributed by atoms with Crippen molar-refractivity contribution in [1.29, 1.82) is 0 Å². The predicted molar refractivity (Wildman–Crippen MR) is 98.3 cm³/mol. The van der Waals surface area contributed by atoms with Gasteiger partial charge in [-0.3, -0.25) is 14.2 Å². The second kappa shape index (κ2) is 7.53. The van der Waals surface area contributed by atoms with E-state index in [2.05, 4.69) is 15.0 Å². The smallest absolute Gasteiger partial charge is 0.261 e. The minimum atomic E-state index is -0.198. The van der Waals surface area contributed by atoms with E-state index in [1.165, 1.54) is 17.2 Å². The van der Waals surface area contributed by atoms with Crippen LogP contribution < -0.4 is 10.3 Å². The number of piperidine rings is 1. The zero-order valence-corrected chi connectivity index (χ0v) is 14.7. The van der Waals surface area contributed by atoms with E-state index < -0.39 is 0 Å². The van der Waals surface area contributed by atoms with Crippen molar-refractivity contribution in [2.24, 2.45) is 0 Å². The maximum Gasteiger partial charge on any atom is 0.261 e. The largest absolute Gasteiger partial charge is 0.474 e. The van der Waals surface area contributed by atoms with Crippen molar-refractivity contribution in [2.45, 2.75) is 25.5 Å². The number of para-hydroxylation sites is 1. The van der Waals surface area contributed by atoms with Gasteiger partial charge in [0.2, 0.25) is 11.8 Å². The van der Waals surface area contributed by atoms with Crippen LogP contribution in [0.4, 0.5) is 0 Å². The maximum atomic E-state index is 12.6. The quantitative estimate of drug-likeness (QED) is 0.691.